The van der Waals surface area contributed by atoms with Gasteiger partial charge in [-0.05, 0) is 33.2 Å². The first kappa shape index (κ1) is 14.8. The summed E-state index contributed by atoms with van der Waals surface area (Å²) in [5.74, 6) is -0.202. The third-order valence-corrected chi connectivity index (χ3v) is 3.65. The molecule has 1 N–H and O–H groups in total. The van der Waals surface area contributed by atoms with Crippen molar-refractivity contribution in [2.24, 2.45) is 0 Å². The Bertz CT molecular complexity index is 628. The van der Waals surface area contributed by atoms with Crippen LogP contribution in [-0.2, 0) is 0 Å². The molecule has 1 aromatic carbocycles. The van der Waals surface area contributed by atoms with E-state index in [0.717, 1.165) is 10.9 Å². The average Bonchev–Trinajstić information content (AvgIpc) is 2.44. The van der Waals surface area contributed by atoms with Crippen LogP contribution in [0.5, 0.6) is 0 Å². The second-order valence-corrected chi connectivity index (χ2v) is 5.44. The van der Waals surface area contributed by atoms with E-state index < -0.39 is 0 Å². The van der Waals surface area contributed by atoms with Crippen molar-refractivity contribution in [2.75, 3.05) is 20.6 Å². The summed E-state index contributed by atoms with van der Waals surface area (Å²) in [6.07, 6.45) is 0. The van der Waals surface area contributed by atoms with Crippen LogP contribution in [0, 0.1) is 0 Å². The summed E-state index contributed by atoms with van der Waals surface area (Å²) in [6.45, 7) is 2.61. The van der Waals surface area contributed by atoms with Crippen LogP contribution in [-0.4, -0.2) is 42.5 Å². The van der Waals surface area contributed by atoms with Crippen LogP contribution in [0.4, 0.5) is 0 Å². The van der Waals surface area contributed by atoms with E-state index in [1.165, 1.54) is 0 Å². The Morgan fingerprint density at radius 2 is 2.10 bits per heavy atom. The number of nitrogens with one attached hydrogen (secondary N) is 1. The maximum absolute atomic E-state index is 12.1. The van der Waals surface area contributed by atoms with Gasteiger partial charge in [-0.1, -0.05) is 29.8 Å². The standard InChI is InChI=1S/C15H18ClN3O/c1-10(19(2)3)9-17-15(20)14-8-12(16)11-6-4-5-7-13(11)18-14/h4-8,10H,9H2,1-3H3,(H,17,20). The summed E-state index contributed by atoms with van der Waals surface area (Å²) in [4.78, 5) is 18.5. The van der Waals surface area contributed by atoms with Crippen molar-refractivity contribution in [3.8, 4) is 0 Å². The first-order valence-corrected chi connectivity index (χ1v) is 6.86. The molecule has 1 aromatic heterocycles. The lowest BCUT2D eigenvalue weighted by Gasteiger charge is -2.19. The molecular formula is C15H18ClN3O. The van der Waals surface area contributed by atoms with Gasteiger partial charge in [-0.3, -0.25) is 4.79 Å². The summed E-state index contributed by atoms with van der Waals surface area (Å²) in [6, 6.07) is 9.38. The Balaban J connectivity index is 2.18. The number of hydrogen-bond donors (Lipinski definition) is 1. The molecule has 4 nitrogen and oxygen atoms in total. The number of amides is 1. The van der Waals surface area contributed by atoms with E-state index in [1.54, 1.807) is 6.07 Å². The molecule has 0 saturated heterocycles. The fourth-order valence-corrected chi connectivity index (χ4v) is 2.03. The molecule has 0 saturated carbocycles. The molecule has 2 rings (SSSR count). The fourth-order valence-electron chi connectivity index (χ4n) is 1.76. The average molecular weight is 292 g/mol. The van der Waals surface area contributed by atoms with E-state index in [4.69, 9.17) is 11.6 Å². The normalized spacial score (nSPS) is 12.7. The molecule has 0 aliphatic carbocycles. The number of nitrogens with zero attached hydrogens (tertiary/aromatic N) is 2. The Hall–Kier alpha value is -1.65. The predicted octanol–water partition coefficient (Wildman–Crippen LogP) is 2.57. The minimum absolute atomic E-state index is 0.202. The van der Waals surface area contributed by atoms with Gasteiger partial charge in [-0.25, -0.2) is 4.98 Å². The summed E-state index contributed by atoms with van der Waals surface area (Å²) >= 11 is 6.19. The van der Waals surface area contributed by atoms with E-state index in [2.05, 4.69) is 10.3 Å². The van der Waals surface area contributed by atoms with Gasteiger partial charge in [-0.2, -0.15) is 0 Å². The molecule has 0 aliphatic rings. The van der Waals surface area contributed by atoms with Crippen LogP contribution in [0.1, 0.15) is 17.4 Å². The number of carbonyl (C=O) groups excluding carboxylic acids is 1. The molecule has 2 aromatic rings. The number of likely N-dealkylation sites (N-methyl/N-ethyl adjacent to an activating group) is 1. The Morgan fingerprint density at radius 1 is 1.40 bits per heavy atom. The van der Waals surface area contributed by atoms with Crippen molar-refractivity contribution < 1.29 is 4.79 Å². The molecule has 0 bridgehead atoms. The first-order chi connectivity index (χ1) is 9.49. The Kier molecular flexibility index (Phi) is 4.57. The molecule has 1 unspecified atom stereocenters. The molecule has 5 heteroatoms. The third kappa shape index (κ3) is 3.26. The third-order valence-electron chi connectivity index (χ3n) is 3.34. The van der Waals surface area contributed by atoms with Crippen LogP contribution in [0.15, 0.2) is 30.3 Å². The molecule has 1 atom stereocenters. The van der Waals surface area contributed by atoms with E-state index in [1.807, 2.05) is 50.2 Å². The quantitative estimate of drug-likeness (QED) is 0.942. The number of para-hydroxylation sites is 1. The maximum atomic E-state index is 12.1. The number of hydrogen-bond acceptors (Lipinski definition) is 3. The molecule has 0 radical (unpaired) electrons. The number of pyridine rings is 1. The van der Waals surface area contributed by atoms with Gasteiger partial charge in [0.05, 0.1) is 10.5 Å². The van der Waals surface area contributed by atoms with Gasteiger partial charge < -0.3 is 10.2 Å². The van der Waals surface area contributed by atoms with Crippen LogP contribution in [0.3, 0.4) is 0 Å². The molecule has 1 amide bonds. The summed E-state index contributed by atoms with van der Waals surface area (Å²) < 4.78 is 0. The van der Waals surface area contributed by atoms with Crippen molar-refractivity contribution in [2.45, 2.75) is 13.0 Å². The van der Waals surface area contributed by atoms with E-state index >= 15 is 0 Å². The van der Waals surface area contributed by atoms with Gasteiger partial charge in [0.15, 0.2) is 0 Å². The van der Waals surface area contributed by atoms with Gasteiger partial charge >= 0.3 is 0 Å². The van der Waals surface area contributed by atoms with Crippen LogP contribution in [0.25, 0.3) is 10.9 Å². The summed E-state index contributed by atoms with van der Waals surface area (Å²) in [5.41, 5.74) is 1.07. The van der Waals surface area contributed by atoms with Gasteiger partial charge in [0, 0.05) is 18.0 Å². The van der Waals surface area contributed by atoms with Gasteiger partial charge in [0.2, 0.25) is 0 Å². The number of rotatable bonds is 4. The van der Waals surface area contributed by atoms with Gasteiger partial charge in [0.25, 0.3) is 5.91 Å². The topological polar surface area (TPSA) is 45.2 Å². The molecule has 20 heavy (non-hydrogen) atoms. The van der Waals surface area contributed by atoms with Crippen LogP contribution in [0.2, 0.25) is 5.02 Å². The fraction of sp³-hybridized carbons (Fsp3) is 0.333. The Labute approximate surface area is 123 Å². The SMILES string of the molecule is CC(CNC(=O)c1cc(Cl)c2ccccc2n1)N(C)C. The predicted molar refractivity (Wildman–Crippen MR) is 82.2 cm³/mol. The molecule has 1 heterocycles. The van der Waals surface area contributed by atoms with Gasteiger partial charge in [-0.15, -0.1) is 0 Å². The molecule has 0 aliphatic heterocycles. The zero-order chi connectivity index (χ0) is 14.7. The highest BCUT2D eigenvalue weighted by Gasteiger charge is 2.12. The van der Waals surface area contributed by atoms with Crippen molar-refractivity contribution in [1.29, 1.82) is 0 Å². The van der Waals surface area contributed by atoms with Crippen molar-refractivity contribution in [3.05, 3.63) is 41.0 Å². The number of aromatic nitrogens is 1. The number of fused-ring (bicyclic) bond motifs is 1. The van der Waals surface area contributed by atoms with E-state index in [9.17, 15) is 4.79 Å². The van der Waals surface area contributed by atoms with Crippen molar-refractivity contribution >= 4 is 28.4 Å². The zero-order valence-electron chi connectivity index (χ0n) is 11.9. The van der Waals surface area contributed by atoms with E-state index in [-0.39, 0.29) is 11.9 Å². The second kappa shape index (κ2) is 6.20. The number of carbonyl (C=O) groups is 1. The number of halogens is 1. The monoisotopic (exact) mass is 291 g/mol. The zero-order valence-corrected chi connectivity index (χ0v) is 12.6. The molecule has 106 valence electrons. The first-order valence-electron chi connectivity index (χ1n) is 6.49. The highest BCUT2D eigenvalue weighted by molar-refractivity contribution is 6.35. The minimum atomic E-state index is -0.202. The summed E-state index contributed by atoms with van der Waals surface area (Å²) in [5, 5.41) is 4.27. The lowest BCUT2D eigenvalue weighted by molar-refractivity contribution is 0.0939. The lowest BCUT2D eigenvalue weighted by atomic mass is 10.2. The van der Waals surface area contributed by atoms with Crippen LogP contribution >= 0.6 is 11.6 Å². The van der Waals surface area contributed by atoms with Crippen LogP contribution < -0.4 is 5.32 Å². The Morgan fingerprint density at radius 3 is 2.80 bits per heavy atom. The molecular weight excluding hydrogens is 274 g/mol. The van der Waals surface area contributed by atoms with Gasteiger partial charge in [0.1, 0.15) is 5.69 Å². The maximum Gasteiger partial charge on any atom is 0.270 e. The largest absolute Gasteiger partial charge is 0.349 e. The highest BCUT2D eigenvalue weighted by Crippen LogP contribution is 2.22. The van der Waals surface area contributed by atoms with Crippen molar-refractivity contribution in [1.82, 2.24) is 15.2 Å². The smallest absolute Gasteiger partial charge is 0.270 e. The second-order valence-electron chi connectivity index (χ2n) is 5.03. The molecule has 0 spiro atoms. The summed E-state index contributed by atoms with van der Waals surface area (Å²) in [7, 11) is 3.95. The minimum Gasteiger partial charge on any atom is -0.349 e. The van der Waals surface area contributed by atoms with Crippen molar-refractivity contribution in [3.63, 3.8) is 0 Å². The van der Waals surface area contributed by atoms with E-state index in [0.29, 0.717) is 17.3 Å². The highest BCUT2D eigenvalue weighted by atomic mass is 35.5. The lowest BCUT2D eigenvalue weighted by Crippen LogP contribution is -2.38. The number of benzene rings is 1. The molecule has 0 fully saturated rings.